The third-order valence-electron chi connectivity index (χ3n) is 5.56. The summed E-state index contributed by atoms with van der Waals surface area (Å²) in [7, 11) is 0. The highest BCUT2D eigenvalue weighted by Gasteiger charge is 2.52. The van der Waals surface area contributed by atoms with Gasteiger partial charge in [-0.2, -0.15) is 0 Å². The Morgan fingerprint density at radius 2 is 1.38 bits per heavy atom. The fraction of sp³-hybridized carbons (Fsp3) is 1.00. The van der Waals surface area contributed by atoms with Crippen LogP contribution >= 0.6 is 0 Å². The third-order valence-corrected chi connectivity index (χ3v) is 5.56. The van der Waals surface area contributed by atoms with Crippen molar-refractivity contribution < 1.29 is 0 Å². The van der Waals surface area contributed by atoms with Crippen LogP contribution in [0.3, 0.4) is 0 Å². The van der Waals surface area contributed by atoms with Gasteiger partial charge in [-0.1, -0.05) is 61.8 Å². The van der Waals surface area contributed by atoms with Gasteiger partial charge in [-0.25, -0.2) is 0 Å². The maximum absolute atomic E-state index is 2.49. The summed E-state index contributed by atoms with van der Waals surface area (Å²) >= 11 is 0. The fourth-order valence-corrected chi connectivity index (χ4v) is 3.32. The van der Waals surface area contributed by atoms with E-state index in [1.165, 1.54) is 19.3 Å². The molecule has 1 rings (SSSR count). The number of hydrogen-bond acceptors (Lipinski definition) is 0. The lowest BCUT2D eigenvalue weighted by Gasteiger charge is -2.52. The van der Waals surface area contributed by atoms with Crippen LogP contribution in [0, 0.1) is 28.1 Å². The molecule has 0 nitrogen and oxygen atoms in total. The molecule has 1 saturated carbocycles. The third kappa shape index (κ3) is 2.46. The highest BCUT2D eigenvalue weighted by atomic mass is 14.6. The average Bonchev–Trinajstić information content (AvgIpc) is 2.85. The van der Waals surface area contributed by atoms with E-state index in [2.05, 4.69) is 55.4 Å². The molecular weight excluding hydrogens is 192 g/mol. The molecule has 16 heavy (non-hydrogen) atoms. The predicted molar refractivity (Wildman–Crippen MR) is 73.5 cm³/mol. The van der Waals surface area contributed by atoms with Crippen LogP contribution in [0.25, 0.3) is 0 Å². The summed E-state index contributed by atoms with van der Waals surface area (Å²) in [6, 6.07) is 0. The lowest BCUT2D eigenvalue weighted by molar-refractivity contribution is -0.0315. The maximum atomic E-state index is 2.49. The zero-order valence-corrected chi connectivity index (χ0v) is 12.8. The molecule has 1 unspecified atom stereocenters. The second kappa shape index (κ2) is 4.03. The molecule has 0 heteroatoms. The van der Waals surface area contributed by atoms with Crippen LogP contribution in [-0.2, 0) is 0 Å². The van der Waals surface area contributed by atoms with Crippen LogP contribution in [0.5, 0.6) is 0 Å². The first-order chi connectivity index (χ1) is 7.04. The Labute approximate surface area is 103 Å². The Kier molecular flexibility index (Phi) is 3.54. The topological polar surface area (TPSA) is 0 Å². The van der Waals surface area contributed by atoms with Crippen LogP contribution in [0.4, 0.5) is 0 Å². The highest BCUT2D eigenvalue weighted by Crippen LogP contribution is 2.60. The van der Waals surface area contributed by atoms with E-state index in [1.54, 1.807) is 0 Å². The summed E-state index contributed by atoms with van der Waals surface area (Å²) in [5.41, 5.74) is 1.30. The number of rotatable bonds is 4. The fourth-order valence-electron chi connectivity index (χ4n) is 3.32. The molecule has 0 aliphatic heterocycles. The van der Waals surface area contributed by atoms with Crippen molar-refractivity contribution in [2.24, 2.45) is 28.1 Å². The van der Waals surface area contributed by atoms with Crippen LogP contribution in [-0.4, -0.2) is 0 Å². The summed E-state index contributed by atoms with van der Waals surface area (Å²) in [6.45, 7) is 19.5. The van der Waals surface area contributed by atoms with E-state index in [1.807, 2.05) is 0 Å². The van der Waals surface area contributed by atoms with Gasteiger partial charge in [0.25, 0.3) is 0 Å². The Morgan fingerprint density at radius 1 is 0.938 bits per heavy atom. The largest absolute Gasteiger partial charge is 0.0649 e. The second-order valence-electron chi connectivity index (χ2n) is 8.13. The minimum atomic E-state index is 0.396. The molecule has 1 fully saturated rings. The van der Waals surface area contributed by atoms with Gasteiger partial charge in [-0.15, -0.1) is 0 Å². The van der Waals surface area contributed by atoms with Crippen molar-refractivity contribution in [3.05, 3.63) is 0 Å². The van der Waals surface area contributed by atoms with Crippen molar-refractivity contribution in [2.75, 3.05) is 0 Å². The summed E-state index contributed by atoms with van der Waals surface area (Å²) in [4.78, 5) is 0. The monoisotopic (exact) mass is 224 g/mol. The van der Waals surface area contributed by atoms with Gasteiger partial charge in [0.2, 0.25) is 0 Å². The lowest BCUT2D eigenvalue weighted by atomic mass is 9.53. The number of hydrogen-bond donors (Lipinski definition) is 0. The van der Waals surface area contributed by atoms with E-state index in [0.29, 0.717) is 16.2 Å². The van der Waals surface area contributed by atoms with Gasteiger partial charge in [0.05, 0.1) is 0 Å². The van der Waals surface area contributed by atoms with Gasteiger partial charge >= 0.3 is 0 Å². The van der Waals surface area contributed by atoms with Crippen LogP contribution in [0.15, 0.2) is 0 Å². The molecule has 0 amide bonds. The van der Waals surface area contributed by atoms with Gasteiger partial charge in [-0.3, -0.25) is 0 Å². The molecule has 0 heterocycles. The Bertz CT molecular complexity index is 235. The Hall–Kier alpha value is 0. The molecule has 0 radical (unpaired) electrons. The minimum absolute atomic E-state index is 0.396. The first-order valence-electron chi connectivity index (χ1n) is 7.04. The minimum Gasteiger partial charge on any atom is -0.0649 e. The SMILES string of the molecule is CCC(C)(C)C(C1CC1)C(C)(C)C(C)(C)C. The van der Waals surface area contributed by atoms with Gasteiger partial charge in [-0.05, 0) is 40.9 Å². The molecule has 0 aromatic rings. The summed E-state index contributed by atoms with van der Waals surface area (Å²) in [5.74, 6) is 1.86. The first-order valence-corrected chi connectivity index (χ1v) is 7.04. The van der Waals surface area contributed by atoms with E-state index >= 15 is 0 Å². The predicted octanol–water partition coefficient (Wildman–Crippen LogP) is 5.52. The average molecular weight is 224 g/mol. The van der Waals surface area contributed by atoms with Crippen LogP contribution in [0.1, 0.15) is 74.7 Å². The lowest BCUT2D eigenvalue weighted by Crippen LogP contribution is -2.45. The van der Waals surface area contributed by atoms with Gasteiger partial charge in [0.1, 0.15) is 0 Å². The standard InChI is InChI=1S/C16H32/c1-9-15(5,6)13(12-10-11-12)16(7,8)14(2,3)4/h12-13H,9-11H2,1-8H3. The molecule has 1 aliphatic rings. The highest BCUT2D eigenvalue weighted by molar-refractivity contribution is 5.01. The van der Waals surface area contributed by atoms with Gasteiger partial charge in [0, 0.05) is 0 Å². The summed E-state index contributed by atoms with van der Waals surface area (Å²) < 4.78 is 0. The normalized spacial score (nSPS) is 21.0. The molecule has 0 saturated heterocycles. The van der Waals surface area contributed by atoms with Crippen molar-refractivity contribution >= 4 is 0 Å². The van der Waals surface area contributed by atoms with E-state index in [0.717, 1.165) is 11.8 Å². The van der Waals surface area contributed by atoms with Crippen LogP contribution < -0.4 is 0 Å². The van der Waals surface area contributed by atoms with Crippen molar-refractivity contribution in [1.29, 1.82) is 0 Å². The van der Waals surface area contributed by atoms with E-state index in [4.69, 9.17) is 0 Å². The molecule has 0 aromatic heterocycles. The van der Waals surface area contributed by atoms with Crippen molar-refractivity contribution in [2.45, 2.75) is 74.7 Å². The van der Waals surface area contributed by atoms with Crippen molar-refractivity contribution in [3.63, 3.8) is 0 Å². The molecule has 0 bridgehead atoms. The molecule has 0 aromatic carbocycles. The quantitative estimate of drug-likeness (QED) is 0.589. The van der Waals surface area contributed by atoms with Crippen molar-refractivity contribution in [1.82, 2.24) is 0 Å². The summed E-state index contributed by atoms with van der Waals surface area (Å²) in [6.07, 6.45) is 4.23. The van der Waals surface area contributed by atoms with Crippen molar-refractivity contribution in [3.8, 4) is 0 Å². The smallest absolute Gasteiger partial charge is 0.0270 e. The molecule has 1 atom stereocenters. The zero-order valence-electron chi connectivity index (χ0n) is 12.8. The molecule has 0 N–H and O–H groups in total. The molecular formula is C16H32. The van der Waals surface area contributed by atoms with Gasteiger partial charge < -0.3 is 0 Å². The van der Waals surface area contributed by atoms with E-state index in [9.17, 15) is 0 Å². The van der Waals surface area contributed by atoms with Gasteiger partial charge in [0.15, 0.2) is 0 Å². The summed E-state index contributed by atoms with van der Waals surface area (Å²) in [5, 5.41) is 0. The zero-order chi connectivity index (χ0) is 12.8. The van der Waals surface area contributed by atoms with E-state index in [-0.39, 0.29) is 0 Å². The Morgan fingerprint density at radius 3 is 1.62 bits per heavy atom. The van der Waals surface area contributed by atoms with Crippen LogP contribution in [0.2, 0.25) is 0 Å². The molecule has 96 valence electrons. The molecule has 1 aliphatic carbocycles. The Balaban J connectivity index is 3.03. The molecule has 0 spiro atoms. The van der Waals surface area contributed by atoms with E-state index < -0.39 is 0 Å². The first kappa shape index (κ1) is 14.1. The second-order valence-corrected chi connectivity index (χ2v) is 8.13. The maximum Gasteiger partial charge on any atom is -0.0270 e.